The number of amides is 3. The van der Waals surface area contributed by atoms with Crippen LogP contribution in [0.3, 0.4) is 0 Å². The van der Waals surface area contributed by atoms with Crippen LogP contribution in [0.4, 0.5) is 4.79 Å². The molecule has 0 radical (unpaired) electrons. The van der Waals surface area contributed by atoms with Gasteiger partial charge in [0.1, 0.15) is 6.04 Å². The number of hydrogen-bond donors (Lipinski definition) is 2. The Bertz CT molecular complexity index is 517. The normalized spacial score (nSPS) is 19.5. The van der Waals surface area contributed by atoms with E-state index in [0.717, 1.165) is 4.90 Å². The summed E-state index contributed by atoms with van der Waals surface area (Å²) in [6.45, 7) is 1.71. The summed E-state index contributed by atoms with van der Waals surface area (Å²) in [5, 5.41) is 11.4. The molecule has 0 spiro atoms. The van der Waals surface area contributed by atoms with Crippen molar-refractivity contribution in [2.75, 3.05) is 0 Å². The third-order valence-corrected chi connectivity index (χ3v) is 2.92. The topological polar surface area (TPSA) is 99.6 Å². The van der Waals surface area contributed by atoms with Crippen molar-refractivity contribution in [1.82, 2.24) is 15.2 Å². The van der Waals surface area contributed by atoms with Gasteiger partial charge in [-0.05, 0) is 19.1 Å². The van der Waals surface area contributed by atoms with E-state index in [0.29, 0.717) is 5.69 Å². The van der Waals surface area contributed by atoms with Gasteiger partial charge in [0.25, 0.3) is 0 Å². The highest BCUT2D eigenvalue weighted by Crippen LogP contribution is 2.20. The molecule has 2 atom stereocenters. The molecule has 1 aromatic heterocycles. The number of urea groups is 1. The molecule has 7 nitrogen and oxygen atoms in total. The molecular formula is C12H13N3O4. The second-order valence-electron chi connectivity index (χ2n) is 4.25. The number of β-lactam (4-membered cyclic amide) rings is 1. The SMILES string of the molecule is CC(NC(=O)N1C(=O)CC1C(=O)O)c1ccccn1. The number of carboxylic acids is 1. The molecule has 100 valence electrons. The molecule has 7 heteroatoms. The van der Waals surface area contributed by atoms with E-state index in [9.17, 15) is 14.4 Å². The Balaban J connectivity index is 2.01. The minimum Gasteiger partial charge on any atom is -0.480 e. The summed E-state index contributed by atoms with van der Waals surface area (Å²) in [5.41, 5.74) is 0.635. The number of aliphatic carboxylic acids is 1. The smallest absolute Gasteiger partial charge is 0.327 e. The van der Waals surface area contributed by atoms with Crippen LogP contribution in [0.1, 0.15) is 25.1 Å². The highest BCUT2D eigenvalue weighted by Gasteiger charge is 2.45. The van der Waals surface area contributed by atoms with Gasteiger partial charge in [-0.25, -0.2) is 14.5 Å². The lowest BCUT2D eigenvalue weighted by atomic mass is 10.0. The van der Waals surface area contributed by atoms with E-state index in [-0.39, 0.29) is 6.42 Å². The summed E-state index contributed by atoms with van der Waals surface area (Å²) in [6.07, 6.45) is 1.45. The van der Waals surface area contributed by atoms with E-state index >= 15 is 0 Å². The fraction of sp³-hybridized carbons (Fsp3) is 0.333. The number of nitrogens with one attached hydrogen (secondary N) is 1. The van der Waals surface area contributed by atoms with Crippen LogP contribution in [-0.2, 0) is 9.59 Å². The monoisotopic (exact) mass is 263 g/mol. The minimum absolute atomic E-state index is 0.138. The quantitative estimate of drug-likeness (QED) is 0.775. The number of pyridine rings is 1. The fourth-order valence-electron chi connectivity index (χ4n) is 1.83. The summed E-state index contributed by atoms with van der Waals surface area (Å²) in [7, 11) is 0. The standard InChI is InChI=1S/C12H13N3O4/c1-7(8-4-2-3-5-13-8)14-12(19)15-9(11(17)18)6-10(15)16/h2-5,7,9H,6H2,1H3,(H,14,19)(H,17,18). The van der Waals surface area contributed by atoms with E-state index in [1.807, 2.05) is 0 Å². The van der Waals surface area contributed by atoms with Crippen molar-refractivity contribution in [1.29, 1.82) is 0 Å². The number of carbonyl (C=O) groups is 3. The van der Waals surface area contributed by atoms with E-state index < -0.39 is 30.0 Å². The Labute approximate surface area is 109 Å². The van der Waals surface area contributed by atoms with Crippen LogP contribution in [-0.4, -0.2) is 38.9 Å². The zero-order chi connectivity index (χ0) is 14.0. The van der Waals surface area contributed by atoms with Crippen molar-refractivity contribution in [2.24, 2.45) is 0 Å². The van der Waals surface area contributed by atoms with Crippen LogP contribution in [0.2, 0.25) is 0 Å². The van der Waals surface area contributed by atoms with Crippen molar-refractivity contribution in [3.8, 4) is 0 Å². The molecule has 2 rings (SSSR count). The van der Waals surface area contributed by atoms with Gasteiger partial charge >= 0.3 is 12.0 Å². The summed E-state index contributed by atoms with van der Waals surface area (Å²) in [5.74, 6) is -1.67. The van der Waals surface area contributed by atoms with Gasteiger partial charge in [0.2, 0.25) is 5.91 Å². The minimum atomic E-state index is -1.18. The maximum Gasteiger partial charge on any atom is 0.327 e. The molecule has 1 fully saturated rings. The highest BCUT2D eigenvalue weighted by molar-refractivity contribution is 6.05. The number of hydrogen-bond acceptors (Lipinski definition) is 4. The Hall–Kier alpha value is -2.44. The third-order valence-electron chi connectivity index (χ3n) is 2.92. The van der Waals surface area contributed by atoms with Crippen molar-refractivity contribution >= 4 is 17.9 Å². The van der Waals surface area contributed by atoms with Crippen molar-refractivity contribution in [3.05, 3.63) is 30.1 Å². The van der Waals surface area contributed by atoms with E-state index in [4.69, 9.17) is 5.11 Å². The lowest BCUT2D eigenvalue weighted by Crippen LogP contribution is -2.61. The number of likely N-dealkylation sites (tertiary alicyclic amines) is 1. The number of rotatable bonds is 3. The molecule has 2 unspecified atom stereocenters. The first-order valence-electron chi connectivity index (χ1n) is 5.77. The predicted molar refractivity (Wildman–Crippen MR) is 64.1 cm³/mol. The van der Waals surface area contributed by atoms with E-state index in [2.05, 4.69) is 10.3 Å². The van der Waals surface area contributed by atoms with E-state index in [1.54, 1.807) is 31.3 Å². The predicted octanol–water partition coefficient (Wildman–Crippen LogP) is 0.538. The first kappa shape index (κ1) is 13.0. The second kappa shape index (κ2) is 5.05. The first-order chi connectivity index (χ1) is 9.00. The molecule has 1 aliphatic heterocycles. The number of carbonyl (C=O) groups excluding carboxylic acids is 2. The van der Waals surface area contributed by atoms with Gasteiger partial charge in [-0.2, -0.15) is 0 Å². The van der Waals surface area contributed by atoms with Crippen LogP contribution in [0.5, 0.6) is 0 Å². The van der Waals surface area contributed by atoms with Crippen molar-refractivity contribution in [3.63, 3.8) is 0 Å². The molecule has 2 heterocycles. The molecule has 3 amide bonds. The van der Waals surface area contributed by atoms with Gasteiger partial charge < -0.3 is 10.4 Å². The maximum absolute atomic E-state index is 11.8. The zero-order valence-electron chi connectivity index (χ0n) is 10.2. The van der Waals surface area contributed by atoms with Crippen LogP contribution in [0.25, 0.3) is 0 Å². The second-order valence-corrected chi connectivity index (χ2v) is 4.25. The largest absolute Gasteiger partial charge is 0.480 e. The van der Waals surface area contributed by atoms with Crippen LogP contribution in [0, 0.1) is 0 Å². The molecule has 0 bridgehead atoms. The van der Waals surface area contributed by atoms with Gasteiger partial charge in [-0.3, -0.25) is 9.78 Å². The summed E-state index contributed by atoms with van der Waals surface area (Å²) in [4.78, 5) is 38.7. The summed E-state index contributed by atoms with van der Waals surface area (Å²) >= 11 is 0. The Morgan fingerprint density at radius 2 is 2.26 bits per heavy atom. The molecule has 0 saturated carbocycles. The Morgan fingerprint density at radius 3 is 2.79 bits per heavy atom. The molecule has 1 saturated heterocycles. The van der Waals surface area contributed by atoms with Crippen molar-refractivity contribution < 1.29 is 19.5 Å². The fourth-order valence-corrected chi connectivity index (χ4v) is 1.83. The van der Waals surface area contributed by atoms with Crippen LogP contribution >= 0.6 is 0 Å². The molecule has 2 N–H and O–H groups in total. The molecule has 0 aliphatic carbocycles. The van der Waals surface area contributed by atoms with Gasteiger partial charge in [-0.15, -0.1) is 0 Å². The lowest BCUT2D eigenvalue weighted by Gasteiger charge is -2.35. The van der Waals surface area contributed by atoms with Gasteiger partial charge in [0, 0.05) is 6.20 Å². The average Bonchev–Trinajstić information content (AvgIpc) is 2.36. The molecule has 0 aromatic carbocycles. The molecule has 1 aromatic rings. The van der Waals surface area contributed by atoms with E-state index in [1.165, 1.54) is 0 Å². The highest BCUT2D eigenvalue weighted by atomic mass is 16.4. The Kier molecular flexibility index (Phi) is 3.46. The van der Waals surface area contributed by atoms with Crippen molar-refractivity contribution in [2.45, 2.75) is 25.4 Å². The summed E-state index contributed by atoms with van der Waals surface area (Å²) < 4.78 is 0. The van der Waals surface area contributed by atoms with Crippen LogP contribution < -0.4 is 5.32 Å². The number of carboxylic acid groups (broad SMARTS) is 1. The van der Waals surface area contributed by atoms with Crippen LogP contribution in [0.15, 0.2) is 24.4 Å². The average molecular weight is 263 g/mol. The van der Waals surface area contributed by atoms with Gasteiger partial charge in [0.15, 0.2) is 0 Å². The number of aromatic nitrogens is 1. The third kappa shape index (κ3) is 2.54. The molecule has 19 heavy (non-hydrogen) atoms. The lowest BCUT2D eigenvalue weighted by molar-refractivity contribution is -0.157. The summed E-state index contributed by atoms with van der Waals surface area (Å²) in [6, 6.07) is 3.08. The zero-order valence-corrected chi connectivity index (χ0v) is 10.2. The molecule has 1 aliphatic rings. The Morgan fingerprint density at radius 1 is 1.53 bits per heavy atom. The van der Waals surface area contributed by atoms with Gasteiger partial charge in [0.05, 0.1) is 18.2 Å². The first-order valence-corrected chi connectivity index (χ1v) is 5.77. The number of nitrogens with zero attached hydrogens (tertiary/aromatic N) is 2. The molecular weight excluding hydrogens is 250 g/mol. The van der Waals surface area contributed by atoms with Gasteiger partial charge in [-0.1, -0.05) is 6.07 Å². The number of imide groups is 1. The maximum atomic E-state index is 11.8.